The predicted octanol–water partition coefficient (Wildman–Crippen LogP) is -0.0645. The fourth-order valence-corrected chi connectivity index (χ4v) is 0.489. The van der Waals surface area contributed by atoms with E-state index in [1.54, 1.807) is 13.0 Å². The van der Waals surface area contributed by atoms with Gasteiger partial charge in [0.15, 0.2) is 0 Å². The van der Waals surface area contributed by atoms with Crippen LogP contribution in [0.4, 0.5) is 0 Å². The minimum Gasteiger partial charge on any atom is -0.461 e. The van der Waals surface area contributed by atoms with Crippen molar-refractivity contribution >= 4 is 12.2 Å². The maximum atomic E-state index is 10.8. The lowest BCUT2D eigenvalue weighted by Gasteiger charge is -2.00. The summed E-state index contributed by atoms with van der Waals surface area (Å²) in [5.74, 6) is -0.766. The summed E-state index contributed by atoms with van der Waals surface area (Å²) in [4.78, 5) is 10.8. The largest absolute Gasteiger partial charge is 0.461 e. The maximum absolute atomic E-state index is 10.8. The Morgan fingerprint density at radius 3 is 2.75 bits per heavy atom. The molecule has 0 rings (SSSR count). The van der Waals surface area contributed by atoms with E-state index in [4.69, 9.17) is 16.4 Å². The van der Waals surface area contributed by atoms with Crippen LogP contribution >= 0.6 is 0 Å². The van der Waals surface area contributed by atoms with Gasteiger partial charge in [-0.15, -0.1) is 0 Å². The van der Waals surface area contributed by atoms with Crippen molar-refractivity contribution in [3.05, 3.63) is 11.3 Å². The number of carbonyl (C=O) groups excluding carboxylic acids is 1. The first-order valence-electron chi connectivity index (χ1n) is 3.24. The first-order valence-corrected chi connectivity index (χ1v) is 3.24. The van der Waals surface area contributed by atoms with Crippen LogP contribution in [0.2, 0.25) is 0 Å². The van der Waals surface area contributed by atoms with E-state index in [-0.39, 0.29) is 17.9 Å². The van der Waals surface area contributed by atoms with Crippen LogP contribution in [0, 0.1) is 16.7 Å². The molecular formula is C7H9N3O2. The number of rotatable bonds is 3. The van der Waals surface area contributed by atoms with Gasteiger partial charge >= 0.3 is 5.97 Å². The summed E-state index contributed by atoms with van der Waals surface area (Å²) in [5.41, 5.74) is 4.69. The van der Waals surface area contributed by atoms with E-state index < -0.39 is 5.97 Å². The molecule has 0 spiro atoms. The Bertz CT molecular complexity index is 262. The third kappa shape index (κ3) is 2.42. The number of nitrogens with one attached hydrogen (secondary N) is 1. The number of hydrogen-bond acceptors (Lipinski definition) is 5. The molecule has 0 unspecified atom stereocenters. The van der Waals surface area contributed by atoms with Crippen LogP contribution in [0.1, 0.15) is 6.92 Å². The van der Waals surface area contributed by atoms with Gasteiger partial charge in [0.2, 0.25) is 0 Å². The second kappa shape index (κ2) is 4.91. The molecule has 3 N–H and O–H groups in total. The van der Waals surface area contributed by atoms with Crippen molar-refractivity contribution in [2.45, 2.75) is 6.92 Å². The third-order valence-electron chi connectivity index (χ3n) is 1.05. The molecule has 0 amide bonds. The Kier molecular flexibility index (Phi) is 4.16. The van der Waals surface area contributed by atoms with E-state index in [0.717, 1.165) is 0 Å². The van der Waals surface area contributed by atoms with Gasteiger partial charge in [0.25, 0.3) is 0 Å². The first kappa shape index (κ1) is 10.2. The molecule has 0 aromatic carbocycles. The summed E-state index contributed by atoms with van der Waals surface area (Å²) in [6, 6.07) is 1.60. The summed E-state index contributed by atoms with van der Waals surface area (Å²) in [6.45, 7) is 1.82. The van der Waals surface area contributed by atoms with Gasteiger partial charge in [-0.05, 0) is 6.92 Å². The normalized spacial score (nSPS) is 11.0. The first-order chi connectivity index (χ1) is 5.67. The van der Waals surface area contributed by atoms with Gasteiger partial charge in [-0.3, -0.25) is 0 Å². The van der Waals surface area contributed by atoms with Crippen molar-refractivity contribution in [3.8, 4) is 6.07 Å². The Hall–Kier alpha value is -1.83. The van der Waals surface area contributed by atoms with Crippen molar-refractivity contribution in [1.29, 1.82) is 10.7 Å². The molecule has 5 nitrogen and oxygen atoms in total. The quantitative estimate of drug-likeness (QED) is 0.266. The van der Waals surface area contributed by atoms with E-state index in [2.05, 4.69) is 4.74 Å². The molecule has 0 fully saturated rings. The lowest BCUT2D eigenvalue weighted by Crippen LogP contribution is -2.17. The second-order valence-corrected chi connectivity index (χ2v) is 1.80. The van der Waals surface area contributed by atoms with Crippen molar-refractivity contribution < 1.29 is 9.53 Å². The maximum Gasteiger partial charge on any atom is 0.355 e. The number of nitrogens with zero attached hydrogens (tertiary/aromatic N) is 1. The van der Waals surface area contributed by atoms with E-state index >= 15 is 0 Å². The molecule has 0 radical (unpaired) electrons. The minimum absolute atomic E-state index is 0.187. The van der Waals surface area contributed by atoms with Gasteiger partial charge < -0.3 is 15.9 Å². The zero-order valence-corrected chi connectivity index (χ0v) is 6.63. The van der Waals surface area contributed by atoms with Crippen LogP contribution in [0.3, 0.4) is 0 Å². The number of hydrogen-bond donors (Lipinski definition) is 2. The Labute approximate surface area is 69.9 Å². The molecule has 64 valence electrons. The SMILES string of the molecule is CCOC(=O)/C(N)=C(\C#N)C=N. The van der Waals surface area contributed by atoms with Gasteiger partial charge in [0.05, 0.1) is 12.2 Å². The zero-order chi connectivity index (χ0) is 9.56. The molecule has 0 saturated carbocycles. The molecule has 12 heavy (non-hydrogen) atoms. The fourth-order valence-electron chi connectivity index (χ4n) is 0.489. The molecule has 0 aliphatic heterocycles. The Balaban J connectivity index is 4.65. The monoisotopic (exact) mass is 167 g/mol. The Morgan fingerprint density at radius 2 is 2.42 bits per heavy atom. The van der Waals surface area contributed by atoms with Crippen LogP contribution in [0.25, 0.3) is 0 Å². The topological polar surface area (TPSA) is 100.0 Å². The summed E-state index contributed by atoms with van der Waals surface area (Å²) in [5, 5.41) is 15.1. The molecule has 0 heterocycles. The molecular weight excluding hydrogens is 158 g/mol. The highest BCUT2D eigenvalue weighted by molar-refractivity contribution is 5.97. The number of carbonyl (C=O) groups is 1. The van der Waals surface area contributed by atoms with E-state index in [1.807, 2.05) is 0 Å². The van der Waals surface area contributed by atoms with Crippen LogP contribution < -0.4 is 5.73 Å². The summed E-state index contributed by atoms with van der Waals surface area (Å²) in [6.07, 6.45) is 0.715. The molecule has 0 saturated heterocycles. The number of esters is 1. The molecule has 0 aliphatic carbocycles. The van der Waals surface area contributed by atoms with Gasteiger partial charge in [-0.2, -0.15) is 5.26 Å². The highest BCUT2D eigenvalue weighted by Crippen LogP contribution is 1.96. The van der Waals surface area contributed by atoms with Crippen LogP contribution in [0.15, 0.2) is 11.3 Å². The molecule has 0 aromatic rings. The zero-order valence-electron chi connectivity index (χ0n) is 6.63. The van der Waals surface area contributed by atoms with Gasteiger partial charge in [-0.25, -0.2) is 4.79 Å². The van der Waals surface area contributed by atoms with Crippen molar-refractivity contribution in [3.63, 3.8) is 0 Å². The predicted molar refractivity (Wildman–Crippen MR) is 42.2 cm³/mol. The van der Waals surface area contributed by atoms with Crippen molar-refractivity contribution in [2.24, 2.45) is 5.73 Å². The smallest absolute Gasteiger partial charge is 0.355 e. The summed E-state index contributed by atoms with van der Waals surface area (Å²) < 4.78 is 4.51. The molecule has 0 bridgehead atoms. The van der Waals surface area contributed by atoms with Crippen molar-refractivity contribution in [2.75, 3.05) is 6.61 Å². The van der Waals surface area contributed by atoms with Gasteiger partial charge in [0.1, 0.15) is 11.8 Å². The van der Waals surface area contributed by atoms with Crippen LogP contribution in [-0.4, -0.2) is 18.8 Å². The van der Waals surface area contributed by atoms with E-state index in [1.165, 1.54) is 0 Å². The average Bonchev–Trinajstić information content (AvgIpc) is 2.07. The fraction of sp³-hybridized carbons (Fsp3) is 0.286. The highest BCUT2D eigenvalue weighted by Gasteiger charge is 2.10. The van der Waals surface area contributed by atoms with Crippen LogP contribution in [0.5, 0.6) is 0 Å². The number of allylic oxidation sites excluding steroid dienone is 1. The number of ether oxygens (including phenoxy) is 1. The molecule has 5 heteroatoms. The number of nitrogens with two attached hydrogens (primary N) is 1. The van der Waals surface area contributed by atoms with E-state index in [0.29, 0.717) is 6.21 Å². The van der Waals surface area contributed by atoms with E-state index in [9.17, 15) is 4.79 Å². The molecule has 0 aliphatic rings. The lowest BCUT2D eigenvalue weighted by molar-refractivity contribution is -0.138. The molecule has 0 aromatic heterocycles. The average molecular weight is 167 g/mol. The standard InChI is InChI=1S/C7H9N3O2/c1-2-12-7(11)6(10)5(3-8)4-9/h3,8H,2,10H2,1H3/b6-5+,8-3?. The number of nitriles is 1. The van der Waals surface area contributed by atoms with Crippen LogP contribution in [-0.2, 0) is 9.53 Å². The van der Waals surface area contributed by atoms with Gasteiger partial charge in [-0.1, -0.05) is 0 Å². The van der Waals surface area contributed by atoms with Crippen molar-refractivity contribution in [1.82, 2.24) is 0 Å². The van der Waals surface area contributed by atoms with Gasteiger partial charge in [0, 0.05) is 6.21 Å². The third-order valence-corrected chi connectivity index (χ3v) is 1.05. The lowest BCUT2D eigenvalue weighted by atomic mass is 10.2. The summed E-state index contributed by atoms with van der Waals surface area (Å²) >= 11 is 0. The molecule has 0 atom stereocenters. The highest BCUT2D eigenvalue weighted by atomic mass is 16.5. The minimum atomic E-state index is -0.766. The second-order valence-electron chi connectivity index (χ2n) is 1.80. The Morgan fingerprint density at radius 1 is 1.83 bits per heavy atom. The summed E-state index contributed by atoms with van der Waals surface area (Å²) in [7, 11) is 0.